The van der Waals surface area contributed by atoms with Gasteiger partial charge in [0.15, 0.2) is 6.61 Å². The Labute approximate surface area is 133 Å². The van der Waals surface area contributed by atoms with Crippen LogP contribution >= 0.6 is 0 Å². The van der Waals surface area contributed by atoms with Crippen LogP contribution in [0.5, 0.6) is 5.75 Å². The van der Waals surface area contributed by atoms with E-state index in [0.29, 0.717) is 18.4 Å². The van der Waals surface area contributed by atoms with Crippen LogP contribution in [0.3, 0.4) is 0 Å². The topological polar surface area (TPSA) is 64.3 Å². The summed E-state index contributed by atoms with van der Waals surface area (Å²) in [5.41, 5.74) is 7.79. The predicted molar refractivity (Wildman–Crippen MR) is 89.1 cm³/mol. The summed E-state index contributed by atoms with van der Waals surface area (Å²) in [6.07, 6.45) is 2.29. The third-order valence-corrected chi connectivity index (χ3v) is 4.48. The second-order valence-electron chi connectivity index (χ2n) is 6.93. The van der Waals surface area contributed by atoms with Crippen LogP contribution in [0.25, 0.3) is 0 Å². The van der Waals surface area contributed by atoms with Gasteiger partial charge in [-0.2, -0.15) is 0 Å². The molecular weight excluding hydrogens is 276 g/mol. The fourth-order valence-electron chi connectivity index (χ4n) is 2.78. The number of hydrogen-bond acceptors (Lipinski definition) is 3. The van der Waals surface area contributed by atoms with Gasteiger partial charge in [0.25, 0.3) is 5.91 Å². The van der Waals surface area contributed by atoms with Crippen molar-refractivity contribution in [3.8, 4) is 5.75 Å². The quantitative estimate of drug-likeness (QED) is 0.814. The molecule has 1 atom stereocenters. The molecule has 1 fully saturated rings. The third-order valence-electron chi connectivity index (χ3n) is 4.48. The first-order valence-corrected chi connectivity index (χ1v) is 8.10. The Morgan fingerprint density at radius 1 is 1.45 bits per heavy atom. The minimum absolute atomic E-state index is 0.0332. The number of aryl methyl sites for hydroxylation is 1. The Balaban J connectivity index is 1.97. The van der Waals surface area contributed by atoms with Crippen molar-refractivity contribution >= 4 is 5.91 Å². The average Bonchev–Trinajstić information content (AvgIpc) is 3.29. The first-order chi connectivity index (χ1) is 10.4. The van der Waals surface area contributed by atoms with E-state index in [9.17, 15) is 4.79 Å². The maximum absolute atomic E-state index is 12.2. The monoisotopic (exact) mass is 304 g/mol. The normalized spacial score (nSPS) is 17.2. The van der Waals surface area contributed by atoms with Crippen LogP contribution in [-0.2, 0) is 4.79 Å². The van der Waals surface area contributed by atoms with Crippen LogP contribution in [0.4, 0.5) is 0 Å². The summed E-state index contributed by atoms with van der Waals surface area (Å²) in [5.74, 6) is 1.56. The zero-order valence-corrected chi connectivity index (χ0v) is 14.1. The standard InChI is InChI=1S/C18H28N2O2/c1-12(2)15-8-5-13(3)9-16(15)22-10-17(21)20-18(4,11-19)14-6-7-14/h5,8-9,12,14H,6-7,10-11,19H2,1-4H3,(H,20,21). The van der Waals surface area contributed by atoms with E-state index in [1.807, 2.05) is 19.9 Å². The van der Waals surface area contributed by atoms with Gasteiger partial charge in [-0.1, -0.05) is 26.0 Å². The first kappa shape index (κ1) is 16.8. The molecule has 1 aromatic rings. The highest BCUT2D eigenvalue weighted by molar-refractivity contribution is 5.78. The van der Waals surface area contributed by atoms with Gasteiger partial charge in [-0.15, -0.1) is 0 Å². The molecule has 2 rings (SSSR count). The van der Waals surface area contributed by atoms with E-state index in [-0.39, 0.29) is 18.1 Å². The highest BCUT2D eigenvalue weighted by atomic mass is 16.5. The predicted octanol–water partition coefficient (Wildman–Crippen LogP) is 2.74. The summed E-state index contributed by atoms with van der Waals surface area (Å²) < 4.78 is 5.78. The number of ether oxygens (including phenoxy) is 1. The van der Waals surface area contributed by atoms with Gasteiger partial charge in [0.05, 0.1) is 5.54 Å². The molecule has 0 saturated heterocycles. The van der Waals surface area contributed by atoms with Crippen molar-refractivity contribution in [3.05, 3.63) is 29.3 Å². The smallest absolute Gasteiger partial charge is 0.258 e. The molecule has 1 amide bonds. The van der Waals surface area contributed by atoms with Crippen molar-refractivity contribution in [3.63, 3.8) is 0 Å². The maximum atomic E-state index is 12.2. The number of nitrogens with one attached hydrogen (secondary N) is 1. The molecule has 4 nitrogen and oxygen atoms in total. The van der Waals surface area contributed by atoms with Crippen LogP contribution in [0.1, 0.15) is 50.7 Å². The summed E-state index contributed by atoms with van der Waals surface area (Å²) in [6.45, 7) is 8.79. The highest BCUT2D eigenvalue weighted by Gasteiger charge is 2.41. The Morgan fingerprint density at radius 2 is 2.14 bits per heavy atom. The lowest BCUT2D eigenvalue weighted by Crippen LogP contribution is -2.54. The first-order valence-electron chi connectivity index (χ1n) is 8.10. The fourth-order valence-corrected chi connectivity index (χ4v) is 2.78. The van der Waals surface area contributed by atoms with Crippen LogP contribution in [0, 0.1) is 12.8 Å². The zero-order valence-electron chi connectivity index (χ0n) is 14.1. The molecule has 1 aliphatic carbocycles. The zero-order chi connectivity index (χ0) is 16.3. The van der Waals surface area contributed by atoms with Crippen molar-refractivity contribution in [2.24, 2.45) is 11.7 Å². The number of amides is 1. The number of benzene rings is 1. The molecule has 0 aromatic heterocycles. The van der Waals surface area contributed by atoms with Crippen LogP contribution < -0.4 is 15.8 Å². The van der Waals surface area contributed by atoms with Crippen molar-refractivity contribution < 1.29 is 9.53 Å². The van der Waals surface area contributed by atoms with E-state index in [0.717, 1.165) is 29.7 Å². The molecular formula is C18H28N2O2. The van der Waals surface area contributed by atoms with E-state index in [4.69, 9.17) is 10.5 Å². The third kappa shape index (κ3) is 4.01. The minimum Gasteiger partial charge on any atom is -0.483 e. The Kier molecular flexibility index (Phi) is 5.12. The van der Waals surface area contributed by atoms with E-state index in [2.05, 4.69) is 31.3 Å². The van der Waals surface area contributed by atoms with Gasteiger partial charge < -0.3 is 15.8 Å². The molecule has 0 spiro atoms. The van der Waals surface area contributed by atoms with Gasteiger partial charge in [0.1, 0.15) is 5.75 Å². The molecule has 22 heavy (non-hydrogen) atoms. The van der Waals surface area contributed by atoms with Gasteiger partial charge >= 0.3 is 0 Å². The lowest BCUT2D eigenvalue weighted by atomic mass is 9.96. The van der Waals surface area contributed by atoms with Crippen molar-refractivity contribution in [2.45, 2.75) is 52.0 Å². The Bertz CT molecular complexity index is 538. The summed E-state index contributed by atoms with van der Waals surface area (Å²) in [7, 11) is 0. The molecule has 0 aliphatic heterocycles. The van der Waals surface area contributed by atoms with Gasteiger partial charge in [0.2, 0.25) is 0 Å². The molecule has 0 bridgehead atoms. The van der Waals surface area contributed by atoms with Crippen LogP contribution in [0.2, 0.25) is 0 Å². The largest absolute Gasteiger partial charge is 0.483 e. The number of nitrogens with two attached hydrogens (primary N) is 1. The Hall–Kier alpha value is -1.55. The van der Waals surface area contributed by atoms with E-state index in [1.54, 1.807) is 0 Å². The van der Waals surface area contributed by atoms with Gasteiger partial charge in [-0.25, -0.2) is 0 Å². The highest BCUT2D eigenvalue weighted by Crippen LogP contribution is 2.38. The molecule has 4 heteroatoms. The van der Waals surface area contributed by atoms with E-state index < -0.39 is 0 Å². The van der Waals surface area contributed by atoms with E-state index >= 15 is 0 Å². The molecule has 122 valence electrons. The number of hydrogen-bond donors (Lipinski definition) is 2. The molecule has 3 N–H and O–H groups in total. The summed E-state index contributed by atoms with van der Waals surface area (Å²) in [4.78, 5) is 12.2. The fraction of sp³-hybridized carbons (Fsp3) is 0.611. The van der Waals surface area contributed by atoms with Gasteiger partial charge in [0, 0.05) is 6.54 Å². The van der Waals surface area contributed by atoms with Crippen LogP contribution in [0.15, 0.2) is 18.2 Å². The summed E-state index contributed by atoms with van der Waals surface area (Å²) in [5, 5.41) is 3.05. The van der Waals surface area contributed by atoms with Crippen molar-refractivity contribution in [2.75, 3.05) is 13.2 Å². The molecule has 1 unspecified atom stereocenters. The molecule has 0 radical (unpaired) electrons. The van der Waals surface area contributed by atoms with E-state index in [1.165, 1.54) is 0 Å². The SMILES string of the molecule is Cc1ccc(C(C)C)c(OCC(=O)NC(C)(CN)C2CC2)c1. The Morgan fingerprint density at radius 3 is 2.68 bits per heavy atom. The van der Waals surface area contributed by atoms with Gasteiger partial charge in [-0.05, 0) is 55.7 Å². The maximum Gasteiger partial charge on any atom is 0.258 e. The summed E-state index contributed by atoms with van der Waals surface area (Å²) >= 11 is 0. The summed E-state index contributed by atoms with van der Waals surface area (Å²) in [6, 6.07) is 6.13. The lowest BCUT2D eigenvalue weighted by molar-refractivity contribution is -0.125. The van der Waals surface area contributed by atoms with Crippen molar-refractivity contribution in [1.82, 2.24) is 5.32 Å². The number of rotatable bonds is 7. The van der Waals surface area contributed by atoms with Crippen molar-refractivity contribution in [1.29, 1.82) is 0 Å². The second-order valence-corrected chi connectivity index (χ2v) is 6.93. The number of carbonyl (C=O) groups is 1. The molecule has 1 aliphatic rings. The minimum atomic E-state index is -0.298. The molecule has 0 heterocycles. The lowest BCUT2D eigenvalue weighted by Gasteiger charge is -2.29. The number of carbonyl (C=O) groups excluding carboxylic acids is 1. The molecule has 1 aromatic carbocycles. The molecule has 1 saturated carbocycles. The second kappa shape index (κ2) is 6.69. The average molecular weight is 304 g/mol. The van der Waals surface area contributed by atoms with Crippen LogP contribution in [-0.4, -0.2) is 24.6 Å². The van der Waals surface area contributed by atoms with Gasteiger partial charge in [-0.3, -0.25) is 4.79 Å².